The van der Waals surface area contributed by atoms with Crippen LogP contribution >= 0.6 is 0 Å². The summed E-state index contributed by atoms with van der Waals surface area (Å²) in [5.41, 5.74) is 0.262. The van der Waals surface area contributed by atoms with E-state index in [4.69, 9.17) is 5.11 Å². The molecule has 0 aliphatic heterocycles. The number of rotatable bonds is 4. The van der Waals surface area contributed by atoms with Crippen LogP contribution in [0.25, 0.3) is 0 Å². The van der Waals surface area contributed by atoms with E-state index in [1.54, 1.807) is 6.92 Å². The van der Waals surface area contributed by atoms with Crippen LogP contribution in [0.15, 0.2) is 0 Å². The van der Waals surface area contributed by atoms with Gasteiger partial charge in [0.05, 0.1) is 5.92 Å². The summed E-state index contributed by atoms with van der Waals surface area (Å²) in [6, 6.07) is 0. The van der Waals surface area contributed by atoms with Gasteiger partial charge in [-0.05, 0) is 41.4 Å². The Morgan fingerprint density at radius 3 is 1.00 bits per heavy atom. The van der Waals surface area contributed by atoms with Gasteiger partial charge in [-0.15, -0.1) is 0 Å². The van der Waals surface area contributed by atoms with Crippen molar-refractivity contribution in [3.63, 3.8) is 0 Å². The van der Waals surface area contributed by atoms with Crippen molar-refractivity contribution in [2.45, 2.75) is 103 Å². The van der Waals surface area contributed by atoms with Gasteiger partial charge in [0.1, 0.15) is 5.78 Å². The molecule has 0 radical (unpaired) electrons. The highest BCUT2D eigenvalue weighted by atomic mass is 16.4. The SMILES string of the molecule is CC(=O)C(CC(C)(C)C)C(C)(C)C.CC(C)(C)CC(C(=O)O)C(C)(C)C. The maximum Gasteiger partial charge on any atom is 0.307 e. The van der Waals surface area contributed by atoms with Crippen LogP contribution in [0.1, 0.15) is 103 Å². The quantitative estimate of drug-likeness (QED) is 0.589. The second-order valence-electron chi connectivity index (χ2n) is 12.3. The van der Waals surface area contributed by atoms with Crippen LogP contribution < -0.4 is 0 Å². The minimum Gasteiger partial charge on any atom is -0.481 e. The molecule has 0 aromatic carbocycles. The minimum atomic E-state index is -0.678. The van der Waals surface area contributed by atoms with E-state index in [1.165, 1.54) is 0 Å². The van der Waals surface area contributed by atoms with Crippen molar-refractivity contribution in [3.05, 3.63) is 0 Å². The van der Waals surface area contributed by atoms with E-state index in [-0.39, 0.29) is 33.5 Å². The van der Waals surface area contributed by atoms with Crippen LogP contribution in [-0.4, -0.2) is 16.9 Å². The topological polar surface area (TPSA) is 54.4 Å². The molecule has 156 valence electrons. The van der Waals surface area contributed by atoms with Crippen molar-refractivity contribution in [2.24, 2.45) is 33.5 Å². The molecule has 0 saturated carbocycles. The van der Waals surface area contributed by atoms with Crippen molar-refractivity contribution in [3.8, 4) is 0 Å². The summed E-state index contributed by atoms with van der Waals surface area (Å²) in [5.74, 6) is -0.426. The molecular weight excluding hydrogens is 324 g/mol. The Morgan fingerprint density at radius 2 is 0.923 bits per heavy atom. The van der Waals surface area contributed by atoms with Crippen molar-refractivity contribution < 1.29 is 14.7 Å². The highest BCUT2D eigenvalue weighted by molar-refractivity contribution is 5.79. The number of Topliss-reactive ketones (excluding diaryl/α,β-unsaturated/α-hetero) is 1. The molecule has 0 aromatic heterocycles. The number of aliphatic carboxylic acids is 1. The lowest BCUT2D eigenvalue weighted by Gasteiger charge is -2.33. The predicted octanol–water partition coefficient (Wildman–Crippen LogP) is 6.84. The minimum absolute atomic E-state index is 0.0797. The van der Waals surface area contributed by atoms with E-state index < -0.39 is 5.97 Å². The zero-order valence-electron chi connectivity index (χ0n) is 19.8. The van der Waals surface area contributed by atoms with Gasteiger partial charge in [-0.3, -0.25) is 9.59 Å². The highest BCUT2D eigenvalue weighted by Crippen LogP contribution is 2.37. The molecule has 0 bridgehead atoms. The molecule has 3 nitrogen and oxygen atoms in total. The van der Waals surface area contributed by atoms with E-state index in [2.05, 4.69) is 62.3 Å². The van der Waals surface area contributed by atoms with E-state index in [0.29, 0.717) is 5.78 Å². The first-order chi connectivity index (χ1) is 11.1. The first-order valence-corrected chi connectivity index (χ1v) is 9.81. The Morgan fingerprint density at radius 1 is 0.654 bits per heavy atom. The molecule has 0 heterocycles. The molecule has 0 spiro atoms. The predicted molar refractivity (Wildman–Crippen MR) is 112 cm³/mol. The van der Waals surface area contributed by atoms with Gasteiger partial charge < -0.3 is 5.11 Å². The lowest BCUT2D eigenvalue weighted by Crippen LogP contribution is -2.32. The van der Waals surface area contributed by atoms with Crippen LogP contribution in [0.2, 0.25) is 0 Å². The number of ketones is 1. The van der Waals surface area contributed by atoms with Gasteiger partial charge in [0.15, 0.2) is 0 Å². The summed E-state index contributed by atoms with van der Waals surface area (Å²) in [4.78, 5) is 22.5. The molecule has 0 fully saturated rings. The second kappa shape index (κ2) is 9.37. The standard InChI is InChI=1S/C12H24O.C11H22O2/c1-9(13)10(12(5,6)7)8-11(2,3)4;1-10(2,3)7-8(9(12)13)11(4,5)6/h10H,8H2,1-7H3;8H,7H2,1-6H3,(H,12,13). The van der Waals surface area contributed by atoms with Crippen LogP contribution in [0.3, 0.4) is 0 Å². The van der Waals surface area contributed by atoms with Gasteiger partial charge in [-0.1, -0.05) is 83.1 Å². The summed E-state index contributed by atoms with van der Waals surface area (Å²) in [7, 11) is 0. The van der Waals surface area contributed by atoms with Gasteiger partial charge in [0.25, 0.3) is 0 Å². The molecule has 0 amide bonds. The zero-order chi connectivity index (χ0) is 21.7. The second-order valence-corrected chi connectivity index (χ2v) is 12.3. The van der Waals surface area contributed by atoms with Gasteiger partial charge >= 0.3 is 5.97 Å². The third kappa shape index (κ3) is 13.4. The lowest BCUT2D eigenvalue weighted by atomic mass is 9.70. The maximum atomic E-state index is 11.5. The molecule has 0 rings (SSSR count). The fraction of sp³-hybridized carbons (Fsp3) is 0.913. The molecule has 0 aliphatic carbocycles. The largest absolute Gasteiger partial charge is 0.481 e. The fourth-order valence-corrected chi connectivity index (χ4v) is 3.05. The molecule has 0 aliphatic rings. The van der Waals surface area contributed by atoms with E-state index >= 15 is 0 Å². The van der Waals surface area contributed by atoms with Crippen LogP contribution in [0, 0.1) is 33.5 Å². The first-order valence-electron chi connectivity index (χ1n) is 9.81. The van der Waals surface area contributed by atoms with Gasteiger partial charge in [-0.25, -0.2) is 0 Å². The number of carboxylic acids is 1. The maximum absolute atomic E-state index is 11.5. The normalized spacial score (nSPS) is 15.6. The number of carbonyl (C=O) groups excluding carboxylic acids is 1. The molecule has 0 saturated heterocycles. The van der Waals surface area contributed by atoms with E-state index in [9.17, 15) is 9.59 Å². The van der Waals surface area contributed by atoms with Crippen LogP contribution in [0.4, 0.5) is 0 Å². The monoisotopic (exact) mass is 370 g/mol. The number of carboxylic acid groups (broad SMARTS) is 1. The smallest absolute Gasteiger partial charge is 0.307 e. The third-order valence-electron chi connectivity index (χ3n) is 4.51. The van der Waals surface area contributed by atoms with Crippen molar-refractivity contribution >= 4 is 11.8 Å². The van der Waals surface area contributed by atoms with Gasteiger partial charge in [0.2, 0.25) is 0 Å². The van der Waals surface area contributed by atoms with E-state index in [1.807, 2.05) is 20.8 Å². The van der Waals surface area contributed by atoms with Crippen molar-refractivity contribution in [1.82, 2.24) is 0 Å². The molecular formula is C23H46O3. The Hall–Kier alpha value is -0.860. The fourth-order valence-electron chi connectivity index (χ4n) is 3.05. The van der Waals surface area contributed by atoms with Crippen molar-refractivity contribution in [1.29, 1.82) is 0 Å². The Bertz CT molecular complexity index is 404. The van der Waals surface area contributed by atoms with E-state index in [0.717, 1.165) is 12.8 Å². The number of hydrogen-bond acceptors (Lipinski definition) is 2. The van der Waals surface area contributed by atoms with Crippen molar-refractivity contribution in [2.75, 3.05) is 0 Å². The molecule has 0 aromatic rings. The summed E-state index contributed by atoms with van der Waals surface area (Å²) in [6.45, 7) is 26.9. The summed E-state index contributed by atoms with van der Waals surface area (Å²) < 4.78 is 0. The molecule has 1 N–H and O–H groups in total. The Balaban J connectivity index is 0. The van der Waals surface area contributed by atoms with Crippen LogP contribution in [0.5, 0.6) is 0 Å². The first kappa shape index (κ1) is 27.4. The highest BCUT2D eigenvalue weighted by Gasteiger charge is 2.34. The molecule has 26 heavy (non-hydrogen) atoms. The van der Waals surface area contributed by atoms with Crippen LogP contribution in [-0.2, 0) is 9.59 Å². The summed E-state index contributed by atoms with van der Waals surface area (Å²) >= 11 is 0. The van der Waals surface area contributed by atoms with Gasteiger partial charge in [0, 0.05) is 5.92 Å². The number of hydrogen-bond donors (Lipinski definition) is 1. The molecule has 2 atom stereocenters. The summed E-state index contributed by atoms with van der Waals surface area (Å²) in [5, 5.41) is 9.07. The third-order valence-corrected chi connectivity index (χ3v) is 4.51. The zero-order valence-corrected chi connectivity index (χ0v) is 19.8. The Kier molecular flexibility index (Phi) is 9.86. The average Bonchev–Trinajstić information content (AvgIpc) is 2.28. The molecule has 2 unspecified atom stereocenters. The Labute approximate surface area is 163 Å². The number of carbonyl (C=O) groups is 2. The average molecular weight is 371 g/mol. The molecule has 3 heteroatoms. The lowest BCUT2D eigenvalue weighted by molar-refractivity contribution is -0.147. The van der Waals surface area contributed by atoms with Gasteiger partial charge in [-0.2, -0.15) is 0 Å². The summed E-state index contributed by atoms with van der Waals surface area (Å²) in [6.07, 6.45) is 1.71.